The van der Waals surface area contributed by atoms with E-state index in [-0.39, 0.29) is 24.0 Å². The van der Waals surface area contributed by atoms with Gasteiger partial charge in [0.15, 0.2) is 5.96 Å². The second-order valence-electron chi connectivity index (χ2n) is 8.75. The summed E-state index contributed by atoms with van der Waals surface area (Å²) in [5.74, 6) is 1.56. The van der Waals surface area contributed by atoms with Crippen LogP contribution in [-0.4, -0.2) is 89.7 Å². The number of guanidine groups is 1. The van der Waals surface area contributed by atoms with E-state index >= 15 is 0 Å². The van der Waals surface area contributed by atoms with Crippen molar-refractivity contribution in [2.75, 3.05) is 53.4 Å². The van der Waals surface area contributed by atoms with Crippen LogP contribution in [0.2, 0.25) is 0 Å². The Bertz CT molecular complexity index is 905. The van der Waals surface area contributed by atoms with Crippen LogP contribution in [0.4, 0.5) is 0 Å². The highest BCUT2D eigenvalue weighted by Crippen LogP contribution is 2.28. The highest BCUT2D eigenvalue weighted by atomic mass is 127. The molecule has 1 N–H and O–H groups in total. The maximum atomic E-state index is 12.4. The molecule has 4 rings (SSSR count). The molecule has 0 unspecified atom stereocenters. The molecule has 0 spiro atoms. The minimum Gasteiger partial charge on any atom is -0.355 e. The molecular formula is C24H36IN7O. The first-order valence-corrected chi connectivity index (χ1v) is 11.7. The minimum atomic E-state index is 0. The summed E-state index contributed by atoms with van der Waals surface area (Å²) in [6.45, 7) is 6.13. The molecule has 0 radical (unpaired) electrons. The Balaban J connectivity index is 0.00000306. The minimum absolute atomic E-state index is 0. The van der Waals surface area contributed by atoms with Crippen LogP contribution >= 0.6 is 24.0 Å². The SMILES string of the molecule is CN=C(NCCN1CCN(C(=O)C2CCC2)CC1)N(C)Cc1cnn(-c2ccccc2)c1.I. The van der Waals surface area contributed by atoms with Gasteiger partial charge < -0.3 is 15.1 Å². The first kappa shape index (κ1) is 25.5. The largest absolute Gasteiger partial charge is 0.355 e. The van der Waals surface area contributed by atoms with Crippen LogP contribution in [0.3, 0.4) is 0 Å². The summed E-state index contributed by atoms with van der Waals surface area (Å²) >= 11 is 0. The summed E-state index contributed by atoms with van der Waals surface area (Å²) in [6.07, 6.45) is 7.35. The molecule has 2 aromatic rings. The topological polar surface area (TPSA) is 69.0 Å². The van der Waals surface area contributed by atoms with Gasteiger partial charge in [-0.05, 0) is 25.0 Å². The number of carbonyl (C=O) groups is 1. The zero-order valence-corrected chi connectivity index (χ0v) is 22.0. The van der Waals surface area contributed by atoms with Gasteiger partial charge in [-0.3, -0.25) is 14.7 Å². The lowest BCUT2D eigenvalue weighted by molar-refractivity contribution is -0.139. The van der Waals surface area contributed by atoms with Crippen molar-refractivity contribution >= 4 is 35.8 Å². The third-order valence-electron chi connectivity index (χ3n) is 6.50. The van der Waals surface area contributed by atoms with Crippen LogP contribution in [0.5, 0.6) is 0 Å². The number of piperazine rings is 1. The number of nitrogens with zero attached hydrogens (tertiary/aromatic N) is 6. The number of para-hydroxylation sites is 1. The summed E-state index contributed by atoms with van der Waals surface area (Å²) in [5, 5.41) is 7.95. The summed E-state index contributed by atoms with van der Waals surface area (Å²) in [4.78, 5) is 23.4. The van der Waals surface area contributed by atoms with E-state index < -0.39 is 0 Å². The maximum Gasteiger partial charge on any atom is 0.225 e. The summed E-state index contributed by atoms with van der Waals surface area (Å²) < 4.78 is 1.90. The van der Waals surface area contributed by atoms with Crippen LogP contribution in [0.25, 0.3) is 5.69 Å². The zero-order valence-electron chi connectivity index (χ0n) is 19.7. The number of amides is 1. The third-order valence-corrected chi connectivity index (χ3v) is 6.50. The van der Waals surface area contributed by atoms with Gasteiger partial charge in [0.05, 0.1) is 11.9 Å². The van der Waals surface area contributed by atoms with Gasteiger partial charge in [0.2, 0.25) is 5.91 Å². The Kier molecular flexibility index (Phi) is 9.54. The standard InChI is InChI=1S/C24H35N7O.HI/c1-25-24(28(2)18-20-17-27-31(19-20)22-9-4-3-5-10-22)26-11-12-29-13-15-30(16-14-29)23(32)21-7-6-8-21;/h3-5,9-10,17,19,21H,6-8,11-16,18H2,1-2H3,(H,25,26);1H. The van der Waals surface area contributed by atoms with Crippen molar-refractivity contribution in [1.82, 2.24) is 29.8 Å². The predicted octanol–water partition coefficient (Wildman–Crippen LogP) is 2.44. The van der Waals surface area contributed by atoms with Gasteiger partial charge in [0, 0.05) is 77.6 Å². The van der Waals surface area contributed by atoms with Crippen molar-refractivity contribution in [2.45, 2.75) is 25.8 Å². The van der Waals surface area contributed by atoms with Crippen LogP contribution in [-0.2, 0) is 11.3 Å². The second kappa shape index (κ2) is 12.4. The van der Waals surface area contributed by atoms with E-state index in [9.17, 15) is 4.79 Å². The summed E-state index contributed by atoms with van der Waals surface area (Å²) in [5.41, 5.74) is 2.19. The average molecular weight is 566 g/mol. The van der Waals surface area contributed by atoms with E-state index in [1.165, 1.54) is 6.42 Å². The molecule has 2 heterocycles. The van der Waals surface area contributed by atoms with Crippen molar-refractivity contribution in [3.05, 3.63) is 48.3 Å². The van der Waals surface area contributed by atoms with E-state index in [1.807, 2.05) is 55.3 Å². The smallest absolute Gasteiger partial charge is 0.225 e. The Morgan fingerprint density at radius 2 is 1.91 bits per heavy atom. The molecule has 1 aliphatic carbocycles. The molecule has 2 aliphatic rings. The fourth-order valence-corrected chi connectivity index (χ4v) is 4.33. The molecule has 0 atom stereocenters. The van der Waals surface area contributed by atoms with E-state index in [2.05, 4.69) is 36.3 Å². The lowest BCUT2D eigenvalue weighted by Gasteiger charge is -2.38. The Labute approximate surface area is 214 Å². The van der Waals surface area contributed by atoms with E-state index in [0.29, 0.717) is 11.8 Å². The van der Waals surface area contributed by atoms with E-state index in [1.54, 1.807) is 0 Å². The van der Waals surface area contributed by atoms with Gasteiger partial charge in [0.1, 0.15) is 0 Å². The average Bonchev–Trinajstić information content (AvgIpc) is 3.25. The fourth-order valence-electron chi connectivity index (χ4n) is 4.33. The molecule has 2 fully saturated rings. The molecule has 9 heteroatoms. The van der Waals surface area contributed by atoms with Gasteiger partial charge in [-0.2, -0.15) is 5.10 Å². The number of halogens is 1. The normalized spacial score (nSPS) is 17.3. The molecule has 1 amide bonds. The molecule has 1 saturated carbocycles. The maximum absolute atomic E-state index is 12.4. The Morgan fingerprint density at radius 1 is 1.18 bits per heavy atom. The van der Waals surface area contributed by atoms with Crippen molar-refractivity contribution in [3.8, 4) is 5.69 Å². The van der Waals surface area contributed by atoms with Crippen LogP contribution < -0.4 is 5.32 Å². The van der Waals surface area contributed by atoms with Crippen molar-refractivity contribution in [2.24, 2.45) is 10.9 Å². The Hall–Kier alpha value is -2.14. The molecule has 1 saturated heterocycles. The van der Waals surface area contributed by atoms with Crippen molar-refractivity contribution < 1.29 is 4.79 Å². The van der Waals surface area contributed by atoms with Gasteiger partial charge in [0.25, 0.3) is 0 Å². The quantitative estimate of drug-likeness (QED) is 0.318. The Morgan fingerprint density at radius 3 is 2.55 bits per heavy atom. The molecule has 8 nitrogen and oxygen atoms in total. The molecular weight excluding hydrogens is 529 g/mol. The first-order valence-electron chi connectivity index (χ1n) is 11.7. The monoisotopic (exact) mass is 565 g/mol. The van der Waals surface area contributed by atoms with E-state index in [0.717, 1.165) is 75.9 Å². The van der Waals surface area contributed by atoms with Crippen LogP contribution in [0, 0.1) is 5.92 Å². The van der Waals surface area contributed by atoms with Gasteiger partial charge in [-0.1, -0.05) is 24.6 Å². The van der Waals surface area contributed by atoms with Crippen LogP contribution in [0.1, 0.15) is 24.8 Å². The second-order valence-corrected chi connectivity index (χ2v) is 8.75. The first-order chi connectivity index (χ1) is 15.6. The van der Waals surface area contributed by atoms with Gasteiger partial charge in [-0.25, -0.2) is 4.68 Å². The summed E-state index contributed by atoms with van der Waals surface area (Å²) in [7, 11) is 3.86. The molecule has 1 aromatic heterocycles. The molecule has 180 valence electrons. The molecule has 0 bridgehead atoms. The number of nitrogens with one attached hydrogen (secondary N) is 1. The van der Waals surface area contributed by atoms with Crippen molar-refractivity contribution in [3.63, 3.8) is 0 Å². The fraction of sp³-hybridized carbons (Fsp3) is 0.542. The van der Waals surface area contributed by atoms with Gasteiger partial charge >= 0.3 is 0 Å². The lowest BCUT2D eigenvalue weighted by Crippen LogP contribution is -2.52. The predicted molar refractivity (Wildman–Crippen MR) is 142 cm³/mol. The lowest BCUT2D eigenvalue weighted by atomic mass is 9.84. The molecule has 33 heavy (non-hydrogen) atoms. The zero-order chi connectivity index (χ0) is 22.3. The number of hydrogen-bond acceptors (Lipinski definition) is 4. The number of aromatic nitrogens is 2. The number of hydrogen-bond donors (Lipinski definition) is 1. The number of aliphatic imine (C=N–C) groups is 1. The number of rotatable bonds is 7. The third kappa shape index (κ3) is 6.69. The van der Waals surface area contributed by atoms with Gasteiger partial charge in [-0.15, -0.1) is 24.0 Å². The summed E-state index contributed by atoms with van der Waals surface area (Å²) in [6, 6.07) is 10.1. The molecule has 1 aromatic carbocycles. The number of benzene rings is 1. The highest BCUT2D eigenvalue weighted by Gasteiger charge is 2.31. The molecule has 1 aliphatic heterocycles. The van der Waals surface area contributed by atoms with Crippen LogP contribution in [0.15, 0.2) is 47.7 Å². The van der Waals surface area contributed by atoms with E-state index in [4.69, 9.17) is 0 Å². The van der Waals surface area contributed by atoms with Crippen molar-refractivity contribution in [1.29, 1.82) is 0 Å². The number of carbonyl (C=O) groups excluding carboxylic acids is 1. The highest BCUT2D eigenvalue weighted by molar-refractivity contribution is 14.0.